The number of hydrogen-bond acceptors (Lipinski definition) is 3. The van der Waals surface area contributed by atoms with Crippen molar-refractivity contribution in [2.75, 3.05) is 11.4 Å². The quantitative estimate of drug-likeness (QED) is 0.909. The molecule has 20 heavy (non-hydrogen) atoms. The summed E-state index contributed by atoms with van der Waals surface area (Å²) in [5, 5.41) is 9.37. The van der Waals surface area contributed by atoms with Gasteiger partial charge in [0.05, 0.1) is 0 Å². The number of fused-ring (bicyclic) bond motifs is 1. The Kier molecular flexibility index (Phi) is 3.14. The Morgan fingerprint density at radius 3 is 2.85 bits per heavy atom. The van der Waals surface area contributed by atoms with E-state index < -0.39 is 5.97 Å². The SMILES string of the molecule is Cc1ccc(C(=O)O)c(N2CCCc3ccccc32)n1. The summed E-state index contributed by atoms with van der Waals surface area (Å²) >= 11 is 0. The van der Waals surface area contributed by atoms with Gasteiger partial charge in [-0.3, -0.25) is 0 Å². The predicted molar refractivity (Wildman–Crippen MR) is 77.7 cm³/mol. The second-order valence-corrected chi connectivity index (χ2v) is 5.01. The number of rotatable bonds is 2. The Balaban J connectivity index is 2.15. The van der Waals surface area contributed by atoms with Crippen LogP contribution in [-0.4, -0.2) is 22.6 Å². The van der Waals surface area contributed by atoms with Crippen molar-refractivity contribution < 1.29 is 9.90 Å². The van der Waals surface area contributed by atoms with E-state index in [2.05, 4.69) is 11.1 Å². The number of aryl methyl sites for hydroxylation is 2. The lowest BCUT2D eigenvalue weighted by Crippen LogP contribution is -2.27. The van der Waals surface area contributed by atoms with Gasteiger partial charge >= 0.3 is 5.97 Å². The number of pyridine rings is 1. The molecule has 0 aliphatic carbocycles. The van der Waals surface area contributed by atoms with Crippen molar-refractivity contribution in [2.45, 2.75) is 19.8 Å². The van der Waals surface area contributed by atoms with Crippen LogP contribution in [0.5, 0.6) is 0 Å². The summed E-state index contributed by atoms with van der Waals surface area (Å²) in [4.78, 5) is 17.9. The average Bonchev–Trinajstić information content (AvgIpc) is 2.46. The van der Waals surface area contributed by atoms with Crippen LogP contribution >= 0.6 is 0 Å². The van der Waals surface area contributed by atoms with Crippen LogP contribution in [0.1, 0.15) is 28.0 Å². The Hall–Kier alpha value is -2.36. The smallest absolute Gasteiger partial charge is 0.339 e. The molecule has 1 N–H and O–H groups in total. The number of aromatic nitrogens is 1. The molecule has 4 nitrogen and oxygen atoms in total. The second-order valence-electron chi connectivity index (χ2n) is 5.01. The number of carboxylic acids is 1. The summed E-state index contributed by atoms with van der Waals surface area (Å²) < 4.78 is 0. The molecule has 1 aromatic carbocycles. The van der Waals surface area contributed by atoms with E-state index in [0.717, 1.165) is 30.8 Å². The fraction of sp³-hybridized carbons (Fsp3) is 0.250. The lowest BCUT2D eigenvalue weighted by molar-refractivity contribution is 0.0697. The van der Waals surface area contributed by atoms with Gasteiger partial charge in [0.25, 0.3) is 0 Å². The zero-order valence-corrected chi connectivity index (χ0v) is 11.3. The first-order valence-corrected chi connectivity index (χ1v) is 6.73. The molecule has 4 heteroatoms. The number of anilines is 2. The topological polar surface area (TPSA) is 53.4 Å². The number of hydrogen-bond donors (Lipinski definition) is 1. The molecule has 0 bridgehead atoms. The number of para-hydroxylation sites is 1. The molecule has 102 valence electrons. The molecule has 3 rings (SSSR count). The van der Waals surface area contributed by atoms with Gasteiger partial charge in [-0.05, 0) is 43.5 Å². The number of nitrogens with zero attached hydrogens (tertiary/aromatic N) is 2. The van der Waals surface area contributed by atoms with Crippen molar-refractivity contribution >= 4 is 17.5 Å². The van der Waals surface area contributed by atoms with Gasteiger partial charge in [0, 0.05) is 17.9 Å². The standard InChI is InChI=1S/C16H16N2O2/c1-11-8-9-13(16(19)20)15(17-11)18-10-4-6-12-5-2-3-7-14(12)18/h2-3,5,7-9H,4,6,10H2,1H3,(H,19,20). The van der Waals surface area contributed by atoms with Crippen molar-refractivity contribution in [3.8, 4) is 0 Å². The monoisotopic (exact) mass is 268 g/mol. The van der Waals surface area contributed by atoms with E-state index >= 15 is 0 Å². The lowest BCUT2D eigenvalue weighted by Gasteiger charge is -2.31. The second kappa shape index (κ2) is 4.96. The molecule has 0 saturated carbocycles. The summed E-state index contributed by atoms with van der Waals surface area (Å²) in [7, 11) is 0. The van der Waals surface area contributed by atoms with Gasteiger partial charge in [-0.25, -0.2) is 9.78 Å². The zero-order valence-electron chi connectivity index (χ0n) is 11.3. The van der Waals surface area contributed by atoms with Crippen molar-refractivity contribution in [2.24, 2.45) is 0 Å². The van der Waals surface area contributed by atoms with Gasteiger partial charge in [-0.2, -0.15) is 0 Å². The van der Waals surface area contributed by atoms with Crippen LogP contribution < -0.4 is 4.90 Å². The molecule has 1 aliphatic heterocycles. The fourth-order valence-corrected chi connectivity index (χ4v) is 2.67. The third-order valence-corrected chi connectivity index (χ3v) is 3.61. The summed E-state index contributed by atoms with van der Waals surface area (Å²) in [6.07, 6.45) is 2.03. The third-order valence-electron chi connectivity index (χ3n) is 3.61. The van der Waals surface area contributed by atoms with E-state index in [0.29, 0.717) is 5.82 Å². The third kappa shape index (κ3) is 2.13. The van der Waals surface area contributed by atoms with E-state index in [-0.39, 0.29) is 5.56 Å². The number of benzene rings is 1. The minimum absolute atomic E-state index is 0.257. The minimum Gasteiger partial charge on any atom is -0.478 e. The summed E-state index contributed by atoms with van der Waals surface area (Å²) in [6.45, 7) is 2.68. The first-order chi connectivity index (χ1) is 9.66. The summed E-state index contributed by atoms with van der Waals surface area (Å²) in [5.74, 6) is -0.389. The molecule has 2 heterocycles. The maximum absolute atomic E-state index is 11.4. The summed E-state index contributed by atoms with van der Waals surface area (Å²) in [5.41, 5.74) is 3.40. The van der Waals surface area contributed by atoms with E-state index in [1.165, 1.54) is 5.56 Å². The molecule has 1 aromatic heterocycles. The summed E-state index contributed by atoms with van der Waals surface area (Å²) in [6, 6.07) is 11.5. The highest BCUT2D eigenvalue weighted by molar-refractivity contribution is 5.94. The van der Waals surface area contributed by atoms with Gasteiger partial charge in [0.15, 0.2) is 0 Å². The molecule has 0 amide bonds. The lowest BCUT2D eigenvalue weighted by atomic mass is 10.0. The molecular formula is C16H16N2O2. The Labute approximate surface area is 117 Å². The van der Waals surface area contributed by atoms with Gasteiger partial charge in [0.1, 0.15) is 11.4 Å². The van der Waals surface area contributed by atoms with Gasteiger partial charge in [0.2, 0.25) is 0 Å². The predicted octanol–water partition coefficient (Wildman–Crippen LogP) is 3.17. The highest BCUT2D eigenvalue weighted by atomic mass is 16.4. The van der Waals surface area contributed by atoms with Crippen LogP contribution in [0.4, 0.5) is 11.5 Å². The van der Waals surface area contributed by atoms with Crippen LogP contribution in [0.2, 0.25) is 0 Å². The molecule has 2 aromatic rings. The van der Waals surface area contributed by atoms with Gasteiger partial charge in [-0.1, -0.05) is 18.2 Å². The van der Waals surface area contributed by atoms with Crippen molar-refractivity contribution in [3.05, 3.63) is 53.2 Å². The molecule has 0 saturated heterocycles. The maximum Gasteiger partial charge on any atom is 0.339 e. The molecule has 0 fully saturated rings. The van der Waals surface area contributed by atoms with E-state index in [9.17, 15) is 9.90 Å². The minimum atomic E-state index is -0.935. The number of aromatic carboxylic acids is 1. The zero-order chi connectivity index (χ0) is 14.1. The average molecular weight is 268 g/mol. The van der Waals surface area contributed by atoms with Crippen molar-refractivity contribution in [3.63, 3.8) is 0 Å². The largest absolute Gasteiger partial charge is 0.478 e. The molecule has 0 radical (unpaired) electrons. The van der Waals surface area contributed by atoms with Crippen LogP contribution in [0, 0.1) is 6.92 Å². The molecule has 0 atom stereocenters. The van der Waals surface area contributed by atoms with Crippen LogP contribution in [0.15, 0.2) is 36.4 Å². The van der Waals surface area contributed by atoms with Crippen LogP contribution in [-0.2, 0) is 6.42 Å². The maximum atomic E-state index is 11.4. The van der Waals surface area contributed by atoms with Crippen LogP contribution in [0.25, 0.3) is 0 Å². The Morgan fingerprint density at radius 2 is 2.05 bits per heavy atom. The van der Waals surface area contributed by atoms with E-state index in [1.54, 1.807) is 12.1 Å². The fourth-order valence-electron chi connectivity index (χ4n) is 2.67. The van der Waals surface area contributed by atoms with Gasteiger partial charge < -0.3 is 10.0 Å². The molecule has 0 spiro atoms. The first kappa shape index (κ1) is 12.7. The van der Waals surface area contributed by atoms with E-state index in [1.807, 2.05) is 30.0 Å². The normalized spacial score (nSPS) is 13.9. The van der Waals surface area contributed by atoms with Crippen molar-refractivity contribution in [1.29, 1.82) is 0 Å². The molecule has 0 unspecified atom stereocenters. The van der Waals surface area contributed by atoms with Crippen molar-refractivity contribution in [1.82, 2.24) is 4.98 Å². The Bertz CT molecular complexity index is 667. The first-order valence-electron chi connectivity index (χ1n) is 6.73. The Morgan fingerprint density at radius 1 is 1.25 bits per heavy atom. The number of carbonyl (C=O) groups is 1. The van der Waals surface area contributed by atoms with Crippen LogP contribution in [0.3, 0.4) is 0 Å². The van der Waals surface area contributed by atoms with E-state index in [4.69, 9.17) is 0 Å². The number of carboxylic acid groups (broad SMARTS) is 1. The molecular weight excluding hydrogens is 252 g/mol. The molecule has 1 aliphatic rings. The highest BCUT2D eigenvalue weighted by Crippen LogP contribution is 2.34. The highest BCUT2D eigenvalue weighted by Gasteiger charge is 2.23. The van der Waals surface area contributed by atoms with Gasteiger partial charge in [-0.15, -0.1) is 0 Å².